The molecule has 1 N–H and O–H groups in total. The molecule has 1 atom stereocenters. The van der Waals surface area contributed by atoms with Gasteiger partial charge >= 0.3 is 5.97 Å². The van der Waals surface area contributed by atoms with Crippen molar-refractivity contribution < 1.29 is 14.3 Å². The first kappa shape index (κ1) is 17.1. The number of ether oxygens (including phenoxy) is 1. The molecule has 0 spiro atoms. The first-order valence-corrected chi connectivity index (χ1v) is 9.51. The summed E-state index contributed by atoms with van der Waals surface area (Å²) in [5.74, 6) is 0.311. The third kappa shape index (κ3) is 2.87. The number of carbonyl (C=O) groups excluding carboxylic acids is 2. The van der Waals surface area contributed by atoms with Crippen LogP contribution in [0.15, 0.2) is 16.1 Å². The molecule has 4 rings (SSSR count). The second-order valence-electron chi connectivity index (χ2n) is 6.55. The number of piperidine rings is 1. The zero-order chi connectivity index (χ0) is 18.3. The second kappa shape index (κ2) is 6.75. The first-order valence-electron chi connectivity index (χ1n) is 8.52. The molecule has 10 heteroatoms. The Morgan fingerprint density at radius 2 is 2.15 bits per heavy atom. The average molecular weight is 377 g/mol. The molecule has 2 aromatic heterocycles. The Labute approximate surface area is 153 Å². The summed E-state index contributed by atoms with van der Waals surface area (Å²) in [4.78, 5) is 43.1. The van der Waals surface area contributed by atoms with Crippen LogP contribution in [0.1, 0.15) is 25.3 Å². The highest BCUT2D eigenvalue weighted by Crippen LogP contribution is 2.33. The Kier molecular flexibility index (Phi) is 4.43. The van der Waals surface area contributed by atoms with Crippen LogP contribution in [0, 0.1) is 5.92 Å². The van der Waals surface area contributed by atoms with Crippen LogP contribution in [-0.4, -0.2) is 62.5 Å². The topological polar surface area (TPSA) is 110 Å². The van der Waals surface area contributed by atoms with E-state index in [1.807, 2.05) is 0 Å². The highest BCUT2D eigenvalue weighted by molar-refractivity contribution is 7.99. The fourth-order valence-corrected chi connectivity index (χ4v) is 4.70. The molecule has 26 heavy (non-hydrogen) atoms. The molecule has 2 aliphatic heterocycles. The molecule has 0 aliphatic carbocycles. The summed E-state index contributed by atoms with van der Waals surface area (Å²) < 4.78 is 6.39. The molecule has 1 fully saturated rings. The van der Waals surface area contributed by atoms with Crippen LogP contribution in [0.3, 0.4) is 0 Å². The lowest BCUT2D eigenvalue weighted by Crippen LogP contribution is -2.41. The molecular formula is C16H19N5O4S. The van der Waals surface area contributed by atoms with Gasteiger partial charge < -0.3 is 9.64 Å². The Balaban J connectivity index is 1.46. The number of carbonyl (C=O) groups is 2. The maximum atomic E-state index is 12.7. The van der Waals surface area contributed by atoms with Crippen LogP contribution in [-0.2, 0) is 14.3 Å². The molecule has 2 aromatic rings. The quantitative estimate of drug-likeness (QED) is 0.615. The SMILES string of the molecule is COC(=O)C1CCN(C(=O)CC2CSc3nc4[nH]ncc4c(=O)n32)CC1. The summed E-state index contributed by atoms with van der Waals surface area (Å²) in [6, 6.07) is -0.208. The van der Waals surface area contributed by atoms with Gasteiger partial charge in [0.2, 0.25) is 5.91 Å². The third-order valence-corrected chi connectivity index (χ3v) is 6.14. The summed E-state index contributed by atoms with van der Waals surface area (Å²) in [5, 5.41) is 7.64. The molecule has 1 amide bonds. The van der Waals surface area contributed by atoms with Crippen molar-refractivity contribution in [1.82, 2.24) is 24.6 Å². The Morgan fingerprint density at radius 3 is 2.88 bits per heavy atom. The second-order valence-corrected chi connectivity index (χ2v) is 7.54. The van der Waals surface area contributed by atoms with Gasteiger partial charge in [0, 0.05) is 25.3 Å². The van der Waals surface area contributed by atoms with E-state index in [1.54, 1.807) is 9.47 Å². The Hall–Kier alpha value is -2.36. The van der Waals surface area contributed by atoms with Gasteiger partial charge in [0.05, 0.1) is 25.3 Å². The first-order chi connectivity index (χ1) is 12.6. The highest BCUT2D eigenvalue weighted by atomic mass is 32.2. The minimum atomic E-state index is -0.208. The number of nitrogens with zero attached hydrogens (tertiary/aromatic N) is 4. The van der Waals surface area contributed by atoms with Crippen LogP contribution in [0.5, 0.6) is 0 Å². The number of rotatable bonds is 3. The number of aromatic nitrogens is 4. The summed E-state index contributed by atoms with van der Waals surface area (Å²) in [5.41, 5.74) is 0.316. The van der Waals surface area contributed by atoms with Crippen molar-refractivity contribution in [3.05, 3.63) is 16.6 Å². The maximum Gasteiger partial charge on any atom is 0.308 e. The van der Waals surface area contributed by atoms with Crippen molar-refractivity contribution in [3.8, 4) is 0 Å². The van der Waals surface area contributed by atoms with E-state index in [4.69, 9.17) is 4.74 Å². The lowest BCUT2D eigenvalue weighted by molar-refractivity contribution is -0.149. The molecule has 0 radical (unpaired) electrons. The molecule has 9 nitrogen and oxygen atoms in total. The van der Waals surface area contributed by atoms with E-state index < -0.39 is 0 Å². The number of hydrogen-bond acceptors (Lipinski definition) is 7. The molecule has 0 saturated carbocycles. The zero-order valence-electron chi connectivity index (χ0n) is 14.3. The average Bonchev–Trinajstić information content (AvgIpc) is 3.29. The van der Waals surface area contributed by atoms with E-state index >= 15 is 0 Å². The van der Waals surface area contributed by atoms with Gasteiger partial charge in [-0.3, -0.25) is 24.0 Å². The van der Waals surface area contributed by atoms with Gasteiger partial charge in [0.25, 0.3) is 5.56 Å². The van der Waals surface area contributed by atoms with E-state index in [0.717, 1.165) is 0 Å². The number of likely N-dealkylation sites (tertiary alicyclic amines) is 1. The standard InChI is InChI=1S/C16H19N5O4S/c1-25-15(24)9-2-4-20(5-3-9)12(22)6-10-8-26-16-18-13-11(7-17-19-13)14(23)21(10)16/h7,9-10H,2-6,8H2,1H3,(H,17,19). The summed E-state index contributed by atoms with van der Waals surface area (Å²) >= 11 is 1.48. The molecule has 1 unspecified atom stereocenters. The summed E-state index contributed by atoms with van der Waals surface area (Å²) in [7, 11) is 1.39. The van der Waals surface area contributed by atoms with Gasteiger partial charge in [-0.1, -0.05) is 11.8 Å². The number of H-pyrrole nitrogens is 1. The molecule has 0 bridgehead atoms. The fraction of sp³-hybridized carbons (Fsp3) is 0.562. The predicted octanol–water partition coefficient (Wildman–Crippen LogP) is 0.568. The number of thioether (sulfide) groups is 1. The predicted molar refractivity (Wildman–Crippen MR) is 93.8 cm³/mol. The van der Waals surface area contributed by atoms with Gasteiger partial charge in [-0.15, -0.1) is 0 Å². The Bertz CT molecular complexity index is 915. The van der Waals surface area contributed by atoms with Gasteiger partial charge in [0.1, 0.15) is 5.39 Å². The van der Waals surface area contributed by atoms with Crippen molar-refractivity contribution in [1.29, 1.82) is 0 Å². The van der Waals surface area contributed by atoms with Crippen LogP contribution >= 0.6 is 11.8 Å². The lowest BCUT2D eigenvalue weighted by atomic mass is 9.96. The van der Waals surface area contributed by atoms with Crippen LogP contribution in [0.25, 0.3) is 11.0 Å². The highest BCUT2D eigenvalue weighted by Gasteiger charge is 2.32. The lowest BCUT2D eigenvalue weighted by Gasteiger charge is -2.31. The minimum absolute atomic E-state index is 0.00552. The van der Waals surface area contributed by atoms with Crippen molar-refractivity contribution in [2.75, 3.05) is 26.0 Å². The summed E-state index contributed by atoms with van der Waals surface area (Å²) in [6.45, 7) is 1.08. The maximum absolute atomic E-state index is 12.7. The number of amides is 1. The number of nitrogens with one attached hydrogen (secondary N) is 1. The van der Waals surface area contributed by atoms with E-state index in [0.29, 0.717) is 47.9 Å². The number of hydrogen-bond donors (Lipinski definition) is 1. The van der Waals surface area contributed by atoms with Crippen molar-refractivity contribution in [2.24, 2.45) is 5.92 Å². The van der Waals surface area contributed by atoms with E-state index in [1.165, 1.54) is 25.1 Å². The van der Waals surface area contributed by atoms with Crippen molar-refractivity contribution in [3.63, 3.8) is 0 Å². The van der Waals surface area contributed by atoms with Crippen molar-refractivity contribution in [2.45, 2.75) is 30.5 Å². The van der Waals surface area contributed by atoms with E-state index in [2.05, 4.69) is 15.2 Å². The van der Waals surface area contributed by atoms with Crippen molar-refractivity contribution >= 4 is 34.7 Å². The third-order valence-electron chi connectivity index (χ3n) is 5.04. The largest absolute Gasteiger partial charge is 0.469 e. The zero-order valence-corrected chi connectivity index (χ0v) is 15.1. The molecule has 138 valence electrons. The monoisotopic (exact) mass is 377 g/mol. The van der Waals surface area contributed by atoms with Crippen LogP contribution < -0.4 is 5.56 Å². The van der Waals surface area contributed by atoms with Crippen LogP contribution in [0.4, 0.5) is 0 Å². The molecular weight excluding hydrogens is 358 g/mol. The number of aromatic amines is 1. The van der Waals surface area contributed by atoms with Gasteiger partial charge in [-0.25, -0.2) is 4.98 Å². The van der Waals surface area contributed by atoms with Crippen LogP contribution in [0.2, 0.25) is 0 Å². The van der Waals surface area contributed by atoms with E-state index in [-0.39, 0.29) is 35.8 Å². The summed E-state index contributed by atoms with van der Waals surface area (Å²) in [6.07, 6.45) is 2.96. The fourth-order valence-electron chi connectivity index (χ4n) is 3.57. The minimum Gasteiger partial charge on any atom is -0.469 e. The number of esters is 1. The van der Waals surface area contributed by atoms with Gasteiger partial charge in [-0.05, 0) is 12.8 Å². The van der Waals surface area contributed by atoms with E-state index in [9.17, 15) is 14.4 Å². The Morgan fingerprint density at radius 1 is 1.38 bits per heavy atom. The van der Waals surface area contributed by atoms with Gasteiger partial charge in [-0.2, -0.15) is 5.10 Å². The normalized spacial score (nSPS) is 20.3. The molecule has 2 aliphatic rings. The number of methoxy groups -OCH3 is 1. The molecule has 1 saturated heterocycles. The number of fused-ring (bicyclic) bond motifs is 2. The van der Waals surface area contributed by atoms with Gasteiger partial charge in [0.15, 0.2) is 10.8 Å². The smallest absolute Gasteiger partial charge is 0.308 e. The molecule has 4 heterocycles. The molecule has 0 aromatic carbocycles.